The number of nitrogens with zero attached hydrogens (tertiary/aromatic N) is 2. The number of rotatable bonds is 1. The smallest absolute Gasteiger partial charge is 0.327 e. The number of hydrogen-bond donors (Lipinski definition) is 2. The molecule has 0 radical (unpaired) electrons. The molecule has 2 heterocycles. The first kappa shape index (κ1) is 13.0. The molecule has 0 aromatic carbocycles. The molecule has 2 aliphatic heterocycles. The second kappa shape index (κ2) is 5.47. The van der Waals surface area contributed by atoms with Crippen LogP contribution in [0.5, 0.6) is 0 Å². The van der Waals surface area contributed by atoms with E-state index in [1.807, 2.05) is 0 Å². The van der Waals surface area contributed by atoms with Gasteiger partial charge in [0.1, 0.15) is 6.04 Å². The minimum absolute atomic E-state index is 0.0733. The van der Waals surface area contributed by atoms with Crippen LogP contribution in [0.3, 0.4) is 0 Å². The first-order chi connectivity index (χ1) is 8.59. The van der Waals surface area contributed by atoms with Crippen LogP contribution in [0.4, 0.5) is 4.79 Å². The fraction of sp³-hybridized carbons (Fsp3) is 0.700. The van der Waals surface area contributed by atoms with Crippen molar-refractivity contribution in [1.82, 2.24) is 15.1 Å². The number of urea groups is 1. The number of carbonyl (C=O) groups is 3. The zero-order valence-corrected chi connectivity index (χ0v) is 10.6. The van der Waals surface area contributed by atoms with Crippen molar-refractivity contribution < 1.29 is 19.5 Å². The topological polar surface area (TPSA) is 90.0 Å². The number of carbonyl (C=O) groups excluding carboxylic acids is 2. The van der Waals surface area contributed by atoms with Gasteiger partial charge in [0.25, 0.3) is 0 Å². The molecule has 1 unspecified atom stereocenters. The van der Waals surface area contributed by atoms with E-state index >= 15 is 0 Å². The summed E-state index contributed by atoms with van der Waals surface area (Å²) in [6.45, 7) is 1.19. The molecule has 0 aromatic rings. The lowest BCUT2D eigenvalue weighted by Crippen LogP contribution is -2.49. The second-order valence-electron chi connectivity index (χ2n) is 4.19. The van der Waals surface area contributed by atoms with Crippen molar-refractivity contribution in [3.05, 3.63) is 0 Å². The molecule has 3 amide bonds. The minimum atomic E-state index is -0.975. The molecule has 0 aliphatic carbocycles. The van der Waals surface area contributed by atoms with Gasteiger partial charge >= 0.3 is 12.0 Å². The average Bonchev–Trinajstić information content (AvgIpc) is 2.72. The Hall–Kier alpha value is -1.44. The van der Waals surface area contributed by atoms with Crippen molar-refractivity contribution in [3.63, 3.8) is 0 Å². The standard InChI is InChI=1S/C10H15N3O4S/c14-8-1-3-12(4-2-11-8)10(17)13-6-18-5-7(13)9(15)16/h7H,1-6H2,(H,11,14)(H,15,16). The number of hydrogen-bond acceptors (Lipinski definition) is 4. The largest absolute Gasteiger partial charge is 0.480 e. The van der Waals surface area contributed by atoms with E-state index in [0.717, 1.165) is 0 Å². The highest BCUT2D eigenvalue weighted by Crippen LogP contribution is 2.22. The molecule has 2 N–H and O–H groups in total. The highest BCUT2D eigenvalue weighted by atomic mass is 32.2. The van der Waals surface area contributed by atoms with Gasteiger partial charge in [-0.1, -0.05) is 0 Å². The van der Waals surface area contributed by atoms with Gasteiger partial charge in [0.05, 0.1) is 5.88 Å². The molecule has 1 atom stereocenters. The van der Waals surface area contributed by atoms with Crippen LogP contribution in [-0.4, -0.2) is 70.1 Å². The van der Waals surface area contributed by atoms with E-state index in [0.29, 0.717) is 31.3 Å². The third-order valence-corrected chi connectivity index (χ3v) is 4.01. The molecule has 100 valence electrons. The Bertz CT molecular complexity index is 376. The van der Waals surface area contributed by atoms with Crippen molar-refractivity contribution in [3.8, 4) is 0 Å². The summed E-state index contributed by atoms with van der Waals surface area (Å²) in [5.74, 6) is -0.229. The number of amides is 3. The third-order valence-electron chi connectivity index (χ3n) is 3.00. The Kier molecular flexibility index (Phi) is 3.95. The summed E-state index contributed by atoms with van der Waals surface area (Å²) < 4.78 is 0. The second-order valence-corrected chi connectivity index (χ2v) is 5.19. The Morgan fingerprint density at radius 3 is 2.89 bits per heavy atom. The van der Waals surface area contributed by atoms with Gasteiger partial charge in [0.15, 0.2) is 0 Å². The zero-order chi connectivity index (χ0) is 13.1. The molecule has 2 aliphatic rings. The van der Waals surface area contributed by atoms with Crippen LogP contribution < -0.4 is 5.32 Å². The molecule has 2 fully saturated rings. The van der Waals surface area contributed by atoms with Gasteiger partial charge in [-0.25, -0.2) is 9.59 Å². The van der Waals surface area contributed by atoms with Gasteiger partial charge < -0.3 is 20.2 Å². The number of carboxylic acid groups (broad SMARTS) is 1. The molecular weight excluding hydrogens is 258 g/mol. The Balaban J connectivity index is 2.01. The van der Waals surface area contributed by atoms with Crippen LogP contribution in [0.15, 0.2) is 0 Å². The van der Waals surface area contributed by atoms with E-state index in [1.54, 1.807) is 4.90 Å². The summed E-state index contributed by atoms with van der Waals surface area (Å²) in [7, 11) is 0. The maximum atomic E-state index is 12.2. The van der Waals surface area contributed by atoms with Gasteiger partial charge in [-0.15, -0.1) is 11.8 Å². The minimum Gasteiger partial charge on any atom is -0.480 e. The first-order valence-corrected chi connectivity index (χ1v) is 6.88. The van der Waals surface area contributed by atoms with Crippen molar-refractivity contribution in [2.24, 2.45) is 0 Å². The normalized spacial score (nSPS) is 24.7. The van der Waals surface area contributed by atoms with E-state index in [4.69, 9.17) is 5.11 Å². The zero-order valence-electron chi connectivity index (χ0n) is 9.79. The lowest BCUT2D eigenvalue weighted by atomic mass is 10.3. The Labute approximate surface area is 108 Å². The highest BCUT2D eigenvalue weighted by molar-refractivity contribution is 7.99. The number of nitrogens with one attached hydrogen (secondary N) is 1. The molecule has 0 bridgehead atoms. The summed E-state index contributed by atoms with van der Waals surface area (Å²) in [6, 6.07) is -1.04. The number of carboxylic acids is 1. The molecular formula is C10H15N3O4S. The van der Waals surface area contributed by atoms with E-state index < -0.39 is 12.0 Å². The third kappa shape index (κ3) is 2.69. The van der Waals surface area contributed by atoms with Crippen LogP contribution in [0.1, 0.15) is 6.42 Å². The summed E-state index contributed by atoms with van der Waals surface area (Å²) >= 11 is 1.43. The highest BCUT2D eigenvalue weighted by Gasteiger charge is 2.37. The van der Waals surface area contributed by atoms with E-state index in [-0.39, 0.29) is 18.4 Å². The predicted molar refractivity (Wildman–Crippen MR) is 65.2 cm³/mol. The molecule has 0 saturated carbocycles. The summed E-state index contributed by atoms with van der Waals surface area (Å²) in [6.07, 6.45) is 0.268. The van der Waals surface area contributed by atoms with Crippen molar-refractivity contribution >= 4 is 29.7 Å². The van der Waals surface area contributed by atoms with Crippen molar-refractivity contribution in [2.75, 3.05) is 31.3 Å². The lowest BCUT2D eigenvalue weighted by molar-refractivity contribution is -0.141. The summed E-state index contributed by atoms with van der Waals surface area (Å²) in [4.78, 5) is 37.3. The molecule has 18 heavy (non-hydrogen) atoms. The fourth-order valence-corrected chi connectivity index (χ4v) is 3.11. The predicted octanol–water partition coefficient (Wildman–Crippen LogP) is -0.612. The van der Waals surface area contributed by atoms with Crippen molar-refractivity contribution in [2.45, 2.75) is 12.5 Å². The molecule has 2 rings (SSSR count). The molecule has 0 spiro atoms. The van der Waals surface area contributed by atoms with Gasteiger partial charge in [0.2, 0.25) is 5.91 Å². The maximum absolute atomic E-state index is 12.2. The van der Waals surface area contributed by atoms with Crippen molar-refractivity contribution in [1.29, 1.82) is 0 Å². The average molecular weight is 273 g/mol. The van der Waals surface area contributed by atoms with E-state index in [2.05, 4.69) is 5.32 Å². The van der Waals surface area contributed by atoms with Crippen LogP contribution >= 0.6 is 11.8 Å². The maximum Gasteiger partial charge on any atom is 0.327 e. The van der Waals surface area contributed by atoms with E-state index in [1.165, 1.54) is 16.7 Å². The fourth-order valence-electron chi connectivity index (χ4n) is 1.98. The molecule has 8 heteroatoms. The number of thioether (sulfide) groups is 1. The molecule has 2 saturated heterocycles. The quantitative estimate of drug-likeness (QED) is 0.665. The summed E-state index contributed by atoms with van der Waals surface area (Å²) in [5.41, 5.74) is 0. The summed E-state index contributed by atoms with van der Waals surface area (Å²) in [5, 5.41) is 11.7. The first-order valence-electron chi connectivity index (χ1n) is 5.72. The van der Waals surface area contributed by atoms with Crippen LogP contribution in [0.25, 0.3) is 0 Å². The van der Waals surface area contributed by atoms with Crippen LogP contribution in [-0.2, 0) is 9.59 Å². The van der Waals surface area contributed by atoms with Crippen LogP contribution in [0, 0.1) is 0 Å². The van der Waals surface area contributed by atoms with Crippen LogP contribution in [0.2, 0.25) is 0 Å². The SMILES string of the molecule is O=C1CCN(C(=O)N2CSCC2C(=O)O)CCN1. The Morgan fingerprint density at radius 1 is 1.39 bits per heavy atom. The number of aliphatic carboxylic acids is 1. The van der Waals surface area contributed by atoms with Gasteiger partial charge in [-0.05, 0) is 0 Å². The van der Waals surface area contributed by atoms with Gasteiger partial charge in [0, 0.05) is 31.8 Å². The van der Waals surface area contributed by atoms with Gasteiger partial charge in [-0.3, -0.25) is 4.79 Å². The Morgan fingerprint density at radius 2 is 2.17 bits per heavy atom. The lowest BCUT2D eigenvalue weighted by Gasteiger charge is -2.28. The van der Waals surface area contributed by atoms with E-state index in [9.17, 15) is 14.4 Å². The van der Waals surface area contributed by atoms with Gasteiger partial charge in [-0.2, -0.15) is 0 Å². The monoisotopic (exact) mass is 273 g/mol. The molecule has 7 nitrogen and oxygen atoms in total. The molecule has 0 aromatic heterocycles.